The number of carbonyl (C=O) groups excluding carboxylic acids is 2. The molecule has 1 saturated carbocycles. The largest absolute Gasteiger partial charge is 0.351 e. The van der Waals surface area contributed by atoms with Crippen molar-refractivity contribution in [2.45, 2.75) is 89.8 Å². The molecule has 3 rings (SSSR count). The van der Waals surface area contributed by atoms with Crippen LogP contribution in [0.1, 0.15) is 81.6 Å². The van der Waals surface area contributed by atoms with Crippen molar-refractivity contribution in [1.29, 1.82) is 0 Å². The van der Waals surface area contributed by atoms with Crippen LogP contribution in [-0.2, 0) is 11.2 Å². The number of carbonyl (C=O) groups is 2. The van der Waals surface area contributed by atoms with Crippen molar-refractivity contribution in [3.63, 3.8) is 0 Å². The number of amides is 2. The van der Waals surface area contributed by atoms with Crippen LogP contribution in [0, 0.1) is 0 Å². The molecule has 142 valence electrons. The summed E-state index contributed by atoms with van der Waals surface area (Å²) in [4.78, 5) is 28.4. The van der Waals surface area contributed by atoms with Gasteiger partial charge in [-0.25, -0.2) is 0 Å². The van der Waals surface area contributed by atoms with Gasteiger partial charge in [0.05, 0.1) is 0 Å². The molecule has 4 nitrogen and oxygen atoms in total. The highest BCUT2D eigenvalue weighted by molar-refractivity contribution is 6.02. The van der Waals surface area contributed by atoms with Gasteiger partial charge in [-0.15, -0.1) is 0 Å². The zero-order valence-electron chi connectivity index (χ0n) is 16.4. The summed E-state index contributed by atoms with van der Waals surface area (Å²) in [5.74, 6) is -0.00716. The fourth-order valence-corrected chi connectivity index (χ4v) is 4.52. The molecule has 2 aliphatic rings. The van der Waals surface area contributed by atoms with E-state index in [1.54, 1.807) is 0 Å². The summed E-state index contributed by atoms with van der Waals surface area (Å²) in [7, 11) is 0. The van der Waals surface area contributed by atoms with E-state index in [9.17, 15) is 9.59 Å². The second kappa shape index (κ2) is 7.81. The van der Waals surface area contributed by atoms with Crippen LogP contribution in [-0.4, -0.2) is 34.3 Å². The lowest BCUT2D eigenvalue weighted by molar-refractivity contribution is -0.133. The summed E-state index contributed by atoms with van der Waals surface area (Å²) < 4.78 is 0. The number of nitrogens with zero attached hydrogens (tertiary/aromatic N) is 1. The highest BCUT2D eigenvalue weighted by Gasteiger charge is 2.48. The Kier molecular flexibility index (Phi) is 5.69. The van der Waals surface area contributed by atoms with Crippen LogP contribution in [0.5, 0.6) is 0 Å². The van der Waals surface area contributed by atoms with Crippen LogP contribution < -0.4 is 5.32 Å². The number of hydrogen-bond donors (Lipinski definition) is 1. The highest BCUT2D eigenvalue weighted by Crippen LogP contribution is 2.34. The Bertz CT molecular complexity index is 664. The predicted octanol–water partition coefficient (Wildman–Crippen LogP) is 4.08. The Morgan fingerprint density at radius 2 is 1.88 bits per heavy atom. The molecule has 1 aliphatic carbocycles. The fraction of sp³-hybridized carbons (Fsp3) is 0.636. The molecule has 2 amide bonds. The summed E-state index contributed by atoms with van der Waals surface area (Å²) in [6, 6.07) is 8.00. The molecule has 1 N–H and O–H groups in total. The molecule has 26 heavy (non-hydrogen) atoms. The van der Waals surface area contributed by atoms with E-state index < -0.39 is 5.54 Å². The SMILES string of the molecule is CCC(C)N1C(=O)c2ccccc2CC1(C)C(=O)NC1CCCCCC1. The van der Waals surface area contributed by atoms with E-state index in [1.807, 2.05) is 43.0 Å². The number of fused-ring (bicyclic) bond motifs is 1. The molecule has 2 atom stereocenters. The predicted molar refractivity (Wildman–Crippen MR) is 104 cm³/mol. The standard InChI is InChI=1S/C22H32N2O2/c1-4-16(2)24-20(25)19-14-10-9-11-17(19)15-22(24,3)21(26)23-18-12-7-5-6-8-13-18/h9-11,14,16,18H,4-8,12-13,15H2,1-3H3,(H,23,26). The Labute approximate surface area is 157 Å². The lowest BCUT2D eigenvalue weighted by Crippen LogP contribution is -2.65. The van der Waals surface area contributed by atoms with Crippen molar-refractivity contribution in [2.75, 3.05) is 0 Å². The third-order valence-corrected chi connectivity index (χ3v) is 6.24. The van der Waals surface area contributed by atoms with Gasteiger partial charge in [-0.1, -0.05) is 50.8 Å². The molecule has 0 spiro atoms. The zero-order chi connectivity index (χ0) is 18.7. The van der Waals surface area contributed by atoms with Crippen LogP contribution >= 0.6 is 0 Å². The molecule has 0 aromatic heterocycles. The maximum Gasteiger partial charge on any atom is 0.255 e. The van der Waals surface area contributed by atoms with Gasteiger partial charge in [-0.3, -0.25) is 9.59 Å². The molecular formula is C22H32N2O2. The smallest absolute Gasteiger partial charge is 0.255 e. The first-order valence-corrected chi connectivity index (χ1v) is 10.2. The van der Waals surface area contributed by atoms with Gasteiger partial charge in [-0.05, 0) is 44.7 Å². The van der Waals surface area contributed by atoms with Crippen molar-refractivity contribution in [3.8, 4) is 0 Å². The van der Waals surface area contributed by atoms with Crippen LogP contribution in [0.15, 0.2) is 24.3 Å². The van der Waals surface area contributed by atoms with Gasteiger partial charge < -0.3 is 10.2 Å². The van der Waals surface area contributed by atoms with E-state index >= 15 is 0 Å². The van der Waals surface area contributed by atoms with Gasteiger partial charge in [0.25, 0.3) is 5.91 Å². The Morgan fingerprint density at radius 1 is 1.23 bits per heavy atom. The highest BCUT2D eigenvalue weighted by atomic mass is 16.2. The van der Waals surface area contributed by atoms with E-state index in [0.29, 0.717) is 6.42 Å². The van der Waals surface area contributed by atoms with Crippen LogP contribution in [0.2, 0.25) is 0 Å². The lowest BCUT2D eigenvalue weighted by atomic mass is 9.81. The van der Waals surface area contributed by atoms with E-state index in [4.69, 9.17) is 0 Å². The summed E-state index contributed by atoms with van der Waals surface area (Å²) in [6.45, 7) is 6.06. The average Bonchev–Trinajstić information content (AvgIpc) is 2.90. The molecule has 0 radical (unpaired) electrons. The third-order valence-electron chi connectivity index (χ3n) is 6.24. The molecule has 1 aliphatic heterocycles. The molecule has 1 aromatic rings. The number of benzene rings is 1. The quantitative estimate of drug-likeness (QED) is 0.827. The van der Waals surface area contributed by atoms with Gasteiger partial charge in [0.1, 0.15) is 5.54 Å². The molecule has 0 bridgehead atoms. The number of rotatable bonds is 4. The van der Waals surface area contributed by atoms with Gasteiger partial charge in [-0.2, -0.15) is 0 Å². The fourth-order valence-electron chi connectivity index (χ4n) is 4.52. The van der Waals surface area contributed by atoms with Gasteiger partial charge in [0.15, 0.2) is 0 Å². The minimum Gasteiger partial charge on any atom is -0.351 e. The zero-order valence-corrected chi connectivity index (χ0v) is 16.4. The van der Waals surface area contributed by atoms with Crippen LogP contribution in [0.4, 0.5) is 0 Å². The van der Waals surface area contributed by atoms with E-state index in [0.717, 1.165) is 30.4 Å². The lowest BCUT2D eigenvalue weighted by Gasteiger charge is -2.47. The average molecular weight is 357 g/mol. The second-order valence-electron chi connectivity index (χ2n) is 8.20. The van der Waals surface area contributed by atoms with Crippen LogP contribution in [0.25, 0.3) is 0 Å². The number of hydrogen-bond acceptors (Lipinski definition) is 2. The molecule has 2 unspecified atom stereocenters. The third kappa shape index (κ3) is 3.51. The molecular weight excluding hydrogens is 324 g/mol. The Hall–Kier alpha value is -1.84. The van der Waals surface area contributed by atoms with Crippen molar-refractivity contribution in [1.82, 2.24) is 10.2 Å². The maximum atomic E-state index is 13.4. The van der Waals surface area contributed by atoms with Crippen molar-refractivity contribution >= 4 is 11.8 Å². The van der Waals surface area contributed by atoms with Gasteiger partial charge in [0, 0.05) is 24.1 Å². The van der Waals surface area contributed by atoms with Crippen molar-refractivity contribution in [2.24, 2.45) is 0 Å². The van der Waals surface area contributed by atoms with Crippen molar-refractivity contribution < 1.29 is 9.59 Å². The minimum atomic E-state index is -0.826. The molecule has 0 saturated heterocycles. The first kappa shape index (κ1) is 18.9. The monoisotopic (exact) mass is 356 g/mol. The molecule has 4 heteroatoms. The van der Waals surface area contributed by atoms with E-state index in [-0.39, 0.29) is 23.9 Å². The van der Waals surface area contributed by atoms with E-state index in [1.165, 1.54) is 25.7 Å². The van der Waals surface area contributed by atoms with Gasteiger partial charge >= 0.3 is 0 Å². The first-order valence-electron chi connectivity index (χ1n) is 10.2. The summed E-state index contributed by atoms with van der Waals surface area (Å²) in [6.07, 6.45) is 8.39. The summed E-state index contributed by atoms with van der Waals surface area (Å²) in [5, 5.41) is 3.30. The maximum absolute atomic E-state index is 13.4. The molecule has 1 heterocycles. The Morgan fingerprint density at radius 3 is 2.54 bits per heavy atom. The topological polar surface area (TPSA) is 49.4 Å². The van der Waals surface area contributed by atoms with Crippen molar-refractivity contribution in [3.05, 3.63) is 35.4 Å². The first-order chi connectivity index (χ1) is 12.5. The van der Waals surface area contributed by atoms with Gasteiger partial charge in [0.2, 0.25) is 5.91 Å². The normalized spacial score (nSPS) is 25.3. The number of nitrogens with one attached hydrogen (secondary N) is 1. The second-order valence-corrected chi connectivity index (χ2v) is 8.20. The van der Waals surface area contributed by atoms with Crippen LogP contribution in [0.3, 0.4) is 0 Å². The summed E-state index contributed by atoms with van der Waals surface area (Å²) in [5.41, 5.74) is 0.899. The molecule has 1 aromatic carbocycles. The van der Waals surface area contributed by atoms with E-state index in [2.05, 4.69) is 12.2 Å². The molecule has 1 fully saturated rings. The minimum absolute atomic E-state index is 0.00699. The summed E-state index contributed by atoms with van der Waals surface area (Å²) >= 11 is 0. The Balaban J connectivity index is 1.90.